The third-order valence-corrected chi connectivity index (χ3v) is 4.06. The van der Waals surface area contributed by atoms with Crippen molar-refractivity contribution in [1.82, 2.24) is 9.88 Å². The Kier molecular flexibility index (Phi) is 3.14. The molecule has 2 heterocycles. The van der Waals surface area contributed by atoms with E-state index in [0.717, 1.165) is 30.7 Å². The monoisotopic (exact) mass is 240 g/mol. The van der Waals surface area contributed by atoms with E-state index in [0.29, 0.717) is 10.6 Å². The van der Waals surface area contributed by atoms with E-state index >= 15 is 0 Å². The maximum Gasteiger partial charge on any atom is 0.305 e. The number of piperidine rings is 1. The molecule has 4 nitrogen and oxygen atoms in total. The van der Waals surface area contributed by atoms with Crippen molar-refractivity contribution in [1.29, 1.82) is 0 Å². The maximum atomic E-state index is 12.2. The Morgan fingerprint density at radius 1 is 1.50 bits per heavy atom. The lowest BCUT2D eigenvalue weighted by Crippen LogP contribution is -2.41. The second kappa shape index (κ2) is 4.41. The van der Waals surface area contributed by atoms with Crippen LogP contribution in [0.5, 0.6) is 0 Å². The first-order chi connectivity index (χ1) is 7.59. The van der Waals surface area contributed by atoms with Crippen LogP contribution in [0.15, 0.2) is 4.79 Å². The summed E-state index contributed by atoms with van der Waals surface area (Å²) < 4.78 is 0. The Bertz CT molecular complexity index is 449. The molecule has 0 aliphatic carbocycles. The Morgan fingerprint density at radius 2 is 2.25 bits per heavy atom. The number of hydrogen-bond acceptors (Lipinski definition) is 3. The van der Waals surface area contributed by atoms with Crippen LogP contribution in [0.2, 0.25) is 0 Å². The van der Waals surface area contributed by atoms with Crippen LogP contribution in [0.1, 0.15) is 41.6 Å². The van der Waals surface area contributed by atoms with Gasteiger partial charge in [0.2, 0.25) is 0 Å². The van der Waals surface area contributed by atoms with E-state index in [2.05, 4.69) is 11.9 Å². The van der Waals surface area contributed by atoms with E-state index in [-0.39, 0.29) is 16.8 Å². The molecular weight excluding hydrogens is 224 g/mol. The molecule has 16 heavy (non-hydrogen) atoms. The molecule has 1 unspecified atom stereocenters. The quantitative estimate of drug-likeness (QED) is 0.813. The molecule has 0 aromatic carbocycles. The van der Waals surface area contributed by atoms with Crippen molar-refractivity contribution in [2.45, 2.75) is 39.2 Å². The van der Waals surface area contributed by atoms with Crippen LogP contribution in [0.4, 0.5) is 0 Å². The van der Waals surface area contributed by atoms with E-state index < -0.39 is 0 Å². The molecule has 5 heteroatoms. The molecule has 0 saturated carbocycles. The second-order valence-electron chi connectivity index (χ2n) is 4.31. The Morgan fingerprint density at radius 3 is 2.81 bits per heavy atom. The van der Waals surface area contributed by atoms with Gasteiger partial charge in [-0.05, 0) is 33.1 Å². The van der Waals surface area contributed by atoms with Crippen molar-refractivity contribution in [3.8, 4) is 0 Å². The van der Waals surface area contributed by atoms with E-state index in [4.69, 9.17) is 0 Å². The molecule has 1 N–H and O–H groups in total. The zero-order valence-corrected chi connectivity index (χ0v) is 10.4. The van der Waals surface area contributed by atoms with Gasteiger partial charge in [0.15, 0.2) is 0 Å². The van der Waals surface area contributed by atoms with Crippen molar-refractivity contribution in [2.75, 3.05) is 6.54 Å². The summed E-state index contributed by atoms with van der Waals surface area (Å²) in [6.45, 7) is 4.66. The van der Waals surface area contributed by atoms with Crippen molar-refractivity contribution in [3.05, 3.63) is 20.2 Å². The number of likely N-dealkylation sites (tertiary alicyclic amines) is 1. The van der Waals surface area contributed by atoms with Gasteiger partial charge in [0.1, 0.15) is 4.88 Å². The van der Waals surface area contributed by atoms with E-state index in [1.54, 1.807) is 6.92 Å². The summed E-state index contributed by atoms with van der Waals surface area (Å²) in [5, 5.41) is 0. The summed E-state index contributed by atoms with van der Waals surface area (Å²) in [6.07, 6.45) is 3.31. The summed E-state index contributed by atoms with van der Waals surface area (Å²) in [6, 6.07) is 0.290. The highest BCUT2D eigenvalue weighted by molar-refractivity contribution is 7.11. The highest BCUT2D eigenvalue weighted by Gasteiger charge is 2.26. The first kappa shape index (κ1) is 11.4. The molecule has 88 valence electrons. The lowest BCUT2D eigenvalue weighted by atomic mass is 10.0. The van der Waals surface area contributed by atoms with Gasteiger partial charge >= 0.3 is 4.87 Å². The molecule has 0 spiro atoms. The van der Waals surface area contributed by atoms with Crippen LogP contribution in [0.25, 0.3) is 0 Å². The lowest BCUT2D eigenvalue weighted by Gasteiger charge is -2.33. The van der Waals surface area contributed by atoms with Gasteiger partial charge in [0, 0.05) is 18.3 Å². The zero-order valence-electron chi connectivity index (χ0n) is 9.58. The van der Waals surface area contributed by atoms with Crippen molar-refractivity contribution >= 4 is 17.2 Å². The highest BCUT2D eigenvalue weighted by atomic mass is 32.1. The van der Waals surface area contributed by atoms with Crippen molar-refractivity contribution < 1.29 is 4.79 Å². The fraction of sp³-hybridized carbons (Fsp3) is 0.636. The maximum absolute atomic E-state index is 12.2. The van der Waals surface area contributed by atoms with Gasteiger partial charge < -0.3 is 9.88 Å². The number of aromatic nitrogens is 1. The molecule has 1 aliphatic rings. The molecule has 1 amide bonds. The molecule has 1 saturated heterocycles. The number of carbonyl (C=O) groups is 1. The van der Waals surface area contributed by atoms with Crippen LogP contribution >= 0.6 is 11.3 Å². The van der Waals surface area contributed by atoms with Gasteiger partial charge in [0.05, 0.1) is 0 Å². The Labute approximate surface area is 98.3 Å². The number of nitrogens with zero attached hydrogens (tertiary/aromatic N) is 1. The summed E-state index contributed by atoms with van der Waals surface area (Å²) in [5.74, 6) is 0.00745. The highest BCUT2D eigenvalue weighted by Crippen LogP contribution is 2.21. The van der Waals surface area contributed by atoms with Gasteiger partial charge in [-0.3, -0.25) is 9.59 Å². The third-order valence-electron chi connectivity index (χ3n) is 3.08. The summed E-state index contributed by atoms with van der Waals surface area (Å²) in [4.78, 5) is 28.4. The average Bonchev–Trinajstić information content (AvgIpc) is 2.58. The first-order valence-corrected chi connectivity index (χ1v) is 6.42. The number of rotatable bonds is 1. The predicted octanol–water partition coefficient (Wildman–Crippen LogP) is 1.76. The number of aromatic amines is 1. The van der Waals surface area contributed by atoms with Crippen LogP contribution in [-0.2, 0) is 0 Å². The van der Waals surface area contributed by atoms with Crippen molar-refractivity contribution in [2.24, 2.45) is 0 Å². The summed E-state index contributed by atoms with van der Waals surface area (Å²) in [7, 11) is 0. The lowest BCUT2D eigenvalue weighted by molar-refractivity contribution is 0.0639. The fourth-order valence-corrected chi connectivity index (χ4v) is 2.94. The zero-order chi connectivity index (χ0) is 11.7. The Balaban J connectivity index is 2.24. The molecule has 1 aliphatic heterocycles. The number of hydrogen-bond donors (Lipinski definition) is 1. The second-order valence-corrected chi connectivity index (χ2v) is 5.30. The van der Waals surface area contributed by atoms with Crippen LogP contribution in [0.3, 0.4) is 0 Å². The Hall–Kier alpha value is -1.10. The molecule has 2 rings (SSSR count). The third kappa shape index (κ3) is 2.04. The number of thiazole rings is 1. The molecule has 1 atom stereocenters. The van der Waals surface area contributed by atoms with Crippen LogP contribution < -0.4 is 4.87 Å². The van der Waals surface area contributed by atoms with Gasteiger partial charge in [-0.25, -0.2) is 0 Å². The smallest absolute Gasteiger partial charge is 0.305 e. The number of H-pyrrole nitrogens is 1. The largest absolute Gasteiger partial charge is 0.335 e. The average molecular weight is 240 g/mol. The van der Waals surface area contributed by atoms with Crippen LogP contribution in [0, 0.1) is 6.92 Å². The van der Waals surface area contributed by atoms with Gasteiger partial charge in [0.25, 0.3) is 5.91 Å². The normalized spacial score (nSPS) is 21.1. The molecule has 0 radical (unpaired) electrons. The number of aryl methyl sites for hydroxylation is 1. The standard InChI is InChI=1S/C11H16N2O2S/c1-7-5-3-4-6-13(7)10(14)9-8(2)12-11(15)16-9/h7H,3-6H2,1-2H3,(H,12,15). The summed E-state index contributed by atoms with van der Waals surface area (Å²) in [5.41, 5.74) is 0.692. The van der Waals surface area contributed by atoms with Gasteiger partial charge in [-0.15, -0.1) is 0 Å². The van der Waals surface area contributed by atoms with Gasteiger partial charge in [-0.2, -0.15) is 0 Å². The van der Waals surface area contributed by atoms with E-state index in [1.165, 1.54) is 6.42 Å². The number of nitrogens with one attached hydrogen (secondary N) is 1. The minimum Gasteiger partial charge on any atom is -0.335 e. The molecular formula is C11H16N2O2S. The molecule has 1 aromatic heterocycles. The van der Waals surface area contributed by atoms with Crippen LogP contribution in [-0.4, -0.2) is 28.4 Å². The van der Waals surface area contributed by atoms with E-state index in [1.807, 2.05) is 4.90 Å². The first-order valence-electron chi connectivity index (χ1n) is 5.60. The van der Waals surface area contributed by atoms with E-state index in [9.17, 15) is 9.59 Å². The number of carbonyl (C=O) groups excluding carboxylic acids is 1. The topological polar surface area (TPSA) is 53.2 Å². The minimum atomic E-state index is -0.148. The molecule has 1 aromatic rings. The SMILES string of the molecule is Cc1[nH]c(=O)sc1C(=O)N1CCCCC1C. The summed E-state index contributed by atoms with van der Waals surface area (Å²) >= 11 is 1.02. The predicted molar refractivity (Wildman–Crippen MR) is 64.0 cm³/mol. The minimum absolute atomic E-state index is 0.00745. The molecule has 0 bridgehead atoms. The molecule has 1 fully saturated rings. The van der Waals surface area contributed by atoms with Gasteiger partial charge in [-0.1, -0.05) is 11.3 Å². The fourth-order valence-electron chi connectivity index (χ4n) is 2.14. The van der Waals surface area contributed by atoms with Crippen molar-refractivity contribution in [3.63, 3.8) is 0 Å². The number of amides is 1.